The Morgan fingerprint density at radius 3 is 2.79 bits per heavy atom. The number of benzene rings is 2. The summed E-state index contributed by atoms with van der Waals surface area (Å²) in [5.74, 6) is 0.137. The van der Waals surface area contributed by atoms with E-state index in [0.29, 0.717) is 0 Å². The average molecular weight is 328 g/mol. The van der Waals surface area contributed by atoms with Crippen molar-refractivity contribution in [3.05, 3.63) is 64.2 Å². The van der Waals surface area contributed by atoms with E-state index in [0.717, 1.165) is 29.5 Å². The van der Waals surface area contributed by atoms with Crippen LogP contribution in [0.5, 0.6) is 0 Å². The number of nitrogens with one attached hydrogen (secondary N) is 1. The van der Waals surface area contributed by atoms with Gasteiger partial charge in [-0.1, -0.05) is 12.1 Å². The van der Waals surface area contributed by atoms with Gasteiger partial charge in [-0.3, -0.25) is 10.1 Å². The van der Waals surface area contributed by atoms with E-state index in [-0.39, 0.29) is 17.4 Å². The van der Waals surface area contributed by atoms with E-state index in [2.05, 4.69) is 14.9 Å². The Morgan fingerprint density at radius 2 is 2.08 bits per heavy atom. The first-order valence-corrected chi connectivity index (χ1v) is 7.67. The molecule has 0 unspecified atom stereocenters. The molecule has 0 radical (unpaired) electrons. The van der Waals surface area contributed by atoms with Gasteiger partial charge in [-0.25, -0.2) is 9.37 Å². The molecule has 0 fully saturated rings. The monoisotopic (exact) mass is 328 g/mol. The van der Waals surface area contributed by atoms with E-state index in [9.17, 15) is 14.5 Å². The minimum atomic E-state index is -0.638. The molecule has 0 aliphatic rings. The highest BCUT2D eigenvalue weighted by atomic mass is 19.1. The second kappa shape index (κ2) is 6.27. The summed E-state index contributed by atoms with van der Waals surface area (Å²) in [5, 5.41) is 14.2. The molecule has 3 rings (SSSR count). The number of hydrogen-bond donors (Lipinski definition) is 1. The highest BCUT2D eigenvalue weighted by Crippen LogP contribution is 2.29. The maximum absolute atomic E-state index is 13.3. The minimum Gasteiger partial charge on any atom is -0.370 e. The summed E-state index contributed by atoms with van der Waals surface area (Å²) in [6, 6.07) is 11.0. The van der Waals surface area contributed by atoms with Crippen molar-refractivity contribution in [2.75, 3.05) is 5.32 Å². The number of aryl methyl sites for hydroxylation is 1. The van der Waals surface area contributed by atoms with Gasteiger partial charge in [0.05, 0.1) is 28.1 Å². The maximum atomic E-state index is 13.3. The Morgan fingerprint density at radius 1 is 1.33 bits per heavy atom. The summed E-state index contributed by atoms with van der Waals surface area (Å²) in [5.41, 5.74) is 1.86. The molecule has 24 heavy (non-hydrogen) atoms. The van der Waals surface area contributed by atoms with Crippen molar-refractivity contribution in [2.24, 2.45) is 0 Å². The van der Waals surface area contributed by atoms with Crippen LogP contribution < -0.4 is 5.32 Å². The lowest BCUT2D eigenvalue weighted by Gasteiger charge is -2.16. The van der Waals surface area contributed by atoms with E-state index in [1.165, 1.54) is 12.1 Å². The van der Waals surface area contributed by atoms with Crippen LogP contribution in [0, 0.1) is 15.9 Å². The van der Waals surface area contributed by atoms with Crippen LogP contribution >= 0.6 is 0 Å². The first-order valence-electron chi connectivity index (χ1n) is 7.67. The number of fused-ring (bicyclic) bond motifs is 1. The SMILES string of the molecule is CCn1c([C@H](C)Nc2ccc(F)cc2[N+](=O)[O-])nc2ccccc21. The molecule has 7 heteroatoms. The van der Waals surface area contributed by atoms with Gasteiger partial charge in [-0.05, 0) is 38.1 Å². The molecule has 1 N–H and O–H groups in total. The number of rotatable bonds is 5. The number of hydrogen-bond acceptors (Lipinski definition) is 4. The Kier molecular flexibility index (Phi) is 4.16. The Balaban J connectivity index is 1.99. The van der Waals surface area contributed by atoms with Crippen LogP contribution in [0.15, 0.2) is 42.5 Å². The van der Waals surface area contributed by atoms with Gasteiger partial charge < -0.3 is 9.88 Å². The maximum Gasteiger partial charge on any atom is 0.295 e. The average Bonchev–Trinajstić information content (AvgIpc) is 2.95. The third-order valence-corrected chi connectivity index (χ3v) is 3.92. The molecule has 0 saturated carbocycles. The third-order valence-electron chi connectivity index (χ3n) is 3.92. The minimum absolute atomic E-state index is 0.267. The Labute approximate surface area is 138 Å². The number of aromatic nitrogens is 2. The molecule has 6 nitrogen and oxygen atoms in total. The molecule has 3 aromatic rings. The third kappa shape index (κ3) is 2.80. The van der Waals surface area contributed by atoms with Crippen molar-refractivity contribution >= 4 is 22.4 Å². The lowest BCUT2D eigenvalue weighted by Crippen LogP contribution is -2.14. The van der Waals surface area contributed by atoms with Gasteiger partial charge in [0.25, 0.3) is 5.69 Å². The highest BCUT2D eigenvalue weighted by Gasteiger charge is 2.20. The topological polar surface area (TPSA) is 73.0 Å². The van der Waals surface area contributed by atoms with Gasteiger partial charge in [0.15, 0.2) is 0 Å². The Hall–Kier alpha value is -2.96. The van der Waals surface area contributed by atoms with Gasteiger partial charge in [0.2, 0.25) is 0 Å². The lowest BCUT2D eigenvalue weighted by molar-refractivity contribution is -0.384. The largest absolute Gasteiger partial charge is 0.370 e. The molecule has 2 aromatic carbocycles. The zero-order valence-electron chi connectivity index (χ0n) is 13.4. The van der Waals surface area contributed by atoms with Crippen molar-refractivity contribution in [1.29, 1.82) is 0 Å². The summed E-state index contributed by atoms with van der Waals surface area (Å²) >= 11 is 0. The molecule has 0 saturated heterocycles. The van der Waals surface area contributed by atoms with Crippen molar-refractivity contribution in [3.8, 4) is 0 Å². The summed E-state index contributed by atoms with van der Waals surface area (Å²) in [4.78, 5) is 15.2. The standard InChI is InChI=1S/C17H17FN4O2/c1-3-21-15-7-5-4-6-13(15)20-17(21)11(2)19-14-9-8-12(18)10-16(14)22(23)24/h4-11,19H,3H2,1-2H3/t11-/m0/s1. The molecular formula is C17H17FN4O2. The number of nitro groups is 1. The van der Waals surface area contributed by atoms with Crippen LogP contribution in [-0.2, 0) is 6.54 Å². The summed E-state index contributed by atoms with van der Waals surface area (Å²) in [7, 11) is 0. The fourth-order valence-corrected chi connectivity index (χ4v) is 2.83. The number of halogens is 1. The molecular weight excluding hydrogens is 311 g/mol. The number of nitro benzene ring substituents is 1. The first-order chi connectivity index (χ1) is 11.5. The number of nitrogens with zero attached hydrogens (tertiary/aromatic N) is 3. The van der Waals surface area contributed by atoms with Crippen LogP contribution in [0.25, 0.3) is 11.0 Å². The van der Waals surface area contributed by atoms with E-state index >= 15 is 0 Å². The fraction of sp³-hybridized carbons (Fsp3) is 0.235. The van der Waals surface area contributed by atoms with Gasteiger partial charge >= 0.3 is 0 Å². The quantitative estimate of drug-likeness (QED) is 0.560. The zero-order chi connectivity index (χ0) is 17.3. The number of para-hydroxylation sites is 2. The molecule has 1 heterocycles. The molecule has 124 valence electrons. The number of imidazole rings is 1. The van der Waals surface area contributed by atoms with E-state index < -0.39 is 10.7 Å². The van der Waals surface area contributed by atoms with Crippen molar-refractivity contribution in [1.82, 2.24) is 9.55 Å². The predicted octanol–water partition coefficient (Wildman–Crippen LogP) is 4.28. The highest BCUT2D eigenvalue weighted by molar-refractivity contribution is 5.76. The first kappa shape index (κ1) is 15.9. The van der Waals surface area contributed by atoms with Gasteiger partial charge in [0.1, 0.15) is 17.3 Å². The molecule has 0 bridgehead atoms. The Bertz CT molecular complexity index is 907. The van der Waals surface area contributed by atoms with E-state index in [1.807, 2.05) is 38.1 Å². The second-order valence-corrected chi connectivity index (χ2v) is 5.49. The molecule has 0 aliphatic carbocycles. The molecule has 1 aromatic heterocycles. The van der Waals surface area contributed by atoms with Gasteiger partial charge in [-0.15, -0.1) is 0 Å². The predicted molar refractivity (Wildman–Crippen MR) is 90.5 cm³/mol. The lowest BCUT2D eigenvalue weighted by atomic mass is 10.2. The fourth-order valence-electron chi connectivity index (χ4n) is 2.83. The summed E-state index contributed by atoms with van der Waals surface area (Å²) in [6.07, 6.45) is 0. The van der Waals surface area contributed by atoms with Crippen LogP contribution in [0.4, 0.5) is 15.8 Å². The van der Waals surface area contributed by atoms with Crippen molar-refractivity contribution in [3.63, 3.8) is 0 Å². The number of anilines is 1. The summed E-state index contributed by atoms with van der Waals surface area (Å²) in [6.45, 7) is 4.62. The smallest absolute Gasteiger partial charge is 0.295 e. The van der Waals surface area contributed by atoms with Crippen molar-refractivity contribution in [2.45, 2.75) is 26.4 Å². The summed E-state index contributed by atoms with van der Waals surface area (Å²) < 4.78 is 15.3. The van der Waals surface area contributed by atoms with Crippen LogP contribution in [0.1, 0.15) is 25.7 Å². The zero-order valence-corrected chi connectivity index (χ0v) is 13.4. The van der Waals surface area contributed by atoms with Crippen molar-refractivity contribution < 1.29 is 9.31 Å². The van der Waals surface area contributed by atoms with E-state index in [1.54, 1.807) is 0 Å². The van der Waals surface area contributed by atoms with Crippen LogP contribution in [-0.4, -0.2) is 14.5 Å². The molecule has 0 amide bonds. The van der Waals surface area contributed by atoms with E-state index in [4.69, 9.17) is 0 Å². The van der Waals surface area contributed by atoms with Crippen LogP contribution in [0.3, 0.4) is 0 Å². The molecule has 0 aliphatic heterocycles. The molecule has 1 atom stereocenters. The van der Waals surface area contributed by atoms with Crippen LogP contribution in [0.2, 0.25) is 0 Å². The van der Waals surface area contributed by atoms with Gasteiger partial charge in [-0.2, -0.15) is 0 Å². The second-order valence-electron chi connectivity index (χ2n) is 5.49. The van der Waals surface area contributed by atoms with Gasteiger partial charge in [0, 0.05) is 6.54 Å². The normalized spacial score (nSPS) is 12.3. The molecule has 0 spiro atoms.